The Morgan fingerprint density at radius 2 is 2.12 bits per heavy atom. The van der Waals surface area contributed by atoms with Gasteiger partial charge in [-0.15, -0.1) is 0 Å². The minimum Gasteiger partial charge on any atom is -0.363 e. The van der Waals surface area contributed by atoms with Crippen LogP contribution in [0.1, 0.15) is 37.7 Å². The number of rotatable bonds is 3. The van der Waals surface area contributed by atoms with Crippen molar-refractivity contribution in [3.05, 3.63) is 23.9 Å². The van der Waals surface area contributed by atoms with E-state index in [0.29, 0.717) is 6.54 Å². The second kappa shape index (κ2) is 4.83. The van der Waals surface area contributed by atoms with Gasteiger partial charge in [0.05, 0.1) is 5.54 Å². The molecular weight excluding hydrogens is 198 g/mol. The second-order valence-corrected chi connectivity index (χ2v) is 4.84. The molecule has 1 aromatic heterocycles. The fourth-order valence-corrected chi connectivity index (χ4v) is 2.48. The molecule has 1 fully saturated rings. The van der Waals surface area contributed by atoms with Gasteiger partial charge in [0.1, 0.15) is 5.82 Å². The molecule has 3 N–H and O–H groups in total. The van der Waals surface area contributed by atoms with Crippen molar-refractivity contribution in [2.75, 3.05) is 11.9 Å². The van der Waals surface area contributed by atoms with Crippen LogP contribution in [-0.4, -0.2) is 17.1 Å². The summed E-state index contributed by atoms with van der Waals surface area (Å²) in [6, 6.07) is 4.05. The molecule has 0 amide bonds. The van der Waals surface area contributed by atoms with Crippen molar-refractivity contribution in [1.82, 2.24) is 4.98 Å². The second-order valence-electron chi connectivity index (χ2n) is 4.84. The van der Waals surface area contributed by atoms with Crippen molar-refractivity contribution < 1.29 is 0 Å². The maximum absolute atomic E-state index is 5.95. The van der Waals surface area contributed by atoms with Crippen LogP contribution in [0.3, 0.4) is 0 Å². The van der Waals surface area contributed by atoms with E-state index in [-0.39, 0.29) is 5.54 Å². The van der Waals surface area contributed by atoms with Gasteiger partial charge < -0.3 is 11.1 Å². The van der Waals surface area contributed by atoms with Crippen LogP contribution >= 0.6 is 0 Å². The van der Waals surface area contributed by atoms with Gasteiger partial charge in [-0.2, -0.15) is 0 Å². The summed E-state index contributed by atoms with van der Waals surface area (Å²) >= 11 is 0. The lowest BCUT2D eigenvalue weighted by molar-refractivity contribution is 0.330. The van der Waals surface area contributed by atoms with Gasteiger partial charge in [-0.25, -0.2) is 4.98 Å². The highest BCUT2D eigenvalue weighted by atomic mass is 15.1. The predicted molar refractivity (Wildman–Crippen MR) is 67.5 cm³/mol. The molecule has 0 aromatic carbocycles. The Bertz CT molecular complexity index is 343. The molecule has 1 aliphatic carbocycles. The van der Waals surface area contributed by atoms with Crippen molar-refractivity contribution >= 4 is 5.82 Å². The number of nitrogens with one attached hydrogen (secondary N) is 1. The molecule has 1 aliphatic rings. The minimum atomic E-state index is 0.0807. The van der Waals surface area contributed by atoms with Gasteiger partial charge in [-0.05, 0) is 31.4 Å². The quantitative estimate of drug-likeness (QED) is 0.821. The molecule has 0 spiro atoms. The van der Waals surface area contributed by atoms with E-state index in [2.05, 4.69) is 23.3 Å². The van der Waals surface area contributed by atoms with Crippen molar-refractivity contribution in [2.24, 2.45) is 5.73 Å². The molecule has 0 atom stereocenters. The Kier molecular flexibility index (Phi) is 3.44. The summed E-state index contributed by atoms with van der Waals surface area (Å²) in [5.74, 6) is 0.995. The Morgan fingerprint density at radius 1 is 1.38 bits per heavy atom. The van der Waals surface area contributed by atoms with Crippen LogP contribution < -0.4 is 11.1 Å². The largest absolute Gasteiger partial charge is 0.363 e. The van der Waals surface area contributed by atoms with Crippen LogP contribution in [0.4, 0.5) is 5.82 Å². The van der Waals surface area contributed by atoms with E-state index in [4.69, 9.17) is 5.73 Å². The van der Waals surface area contributed by atoms with Gasteiger partial charge >= 0.3 is 0 Å². The van der Waals surface area contributed by atoms with E-state index in [0.717, 1.165) is 5.82 Å². The van der Waals surface area contributed by atoms with E-state index < -0.39 is 0 Å². The molecule has 16 heavy (non-hydrogen) atoms. The number of anilines is 1. The summed E-state index contributed by atoms with van der Waals surface area (Å²) in [5.41, 5.74) is 7.22. The molecule has 0 aliphatic heterocycles. The zero-order valence-corrected chi connectivity index (χ0v) is 10.00. The van der Waals surface area contributed by atoms with Crippen molar-refractivity contribution in [1.29, 1.82) is 0 Å². The van der Waals surface area contributed by atoms with Gasteiger partial charge in [0.15, 0.2) is 0 Å². The molecule has 1 heterocycles. The average molecular weight is 219 g/mol. The number of hydrogen-bond donors (Lipinski definition) is 2. The molecular formula is C13H21N3. The highest BCUT2D eigenvalue weighted by Crippen LogP contribution is 2.31. The minimum absolute atomic E-state index is 0.0807. The normalized spacial score (nSPS) is 19.4. The Morgan fingerprint density at radius 3 is 2.75 bits per heavy atom. The van der Waals surface area contributed by atoms with Crippen LogP contribution in [0.15, 0.2) is 18.3 Å². The van der Waals surface area contributed by atoms with Crippen LogP contribution in [0.2, 0.25) is 0 Å². The summed E-state index contributed by atoms with van der Waals surface area (Å²) in [7, 11) is 0. The number of hydrogen-bond acceptors (Lipinski definition) is 3. The van der Waals surface area contributed by atoms with Crippen LogP contribution in [0.25, 0.3) is 0 Å². The van der Waals surface area contributed by atoms with E-state index in [9.17, 15) is 0 Å². The molecule has 2 rings (SSSR count). The highest BCUT2D eigenvalue weighted by molar-refractivity contribution is 5.45. The van der Waals surface area contributed by atoms with Crippen LogP contribution in [-0.2, 0) is 0 Å². The van der Waals surface area contributed by atoms with E-state index in [1.54, 1.807) is 0 Å². The number of aromatic nitrogens is 1. The fourth-order valence-electron chi connectivity index (χ4n) is 2.48. The average Bonchev–Trinajstić information content (AvgIpc) is 2.33. The third-order valence-corrected chi connectivity index (χ3v) is 3.59. The lowest BCUT2D eigenvalue weighted by Gasteiger charge is -2.38. The van der Waals surface area contributed by atoms with Crippen LogP contribution in [0, 0.1) is 6.92 Å². The first-order valence-corrected chi connectivity index (χ1v) is 6.16. The SMILES string of the molecule is Cc1cccnc1NC1(CN)CCCCC1. The van der Waals surface area contributed by atoms with Gasteiger partial charge in [-0.3, -0.25) is 0 Å². The topological polar surface area (TPSA) is 50.9 Å². The maximum atomic E-state index is 5.95. The number of nitrogens with two attached hydrogens (primary N) is 1. The lowest BCUT2D eigenvalue weighted by atomic mass is 9.81. The van der Waals surface area contributed by atoms with E-state index >= 15 is 0 Å². The maximum Gasteiger partial charge on any atom is 0.129 e. The third-order valence-electron chi connectivity index (χ3n) is 3.59. The molecule has 3 nitrogen and oxygen atoms in total. The predicted octanol–water partition coefficient (Wildman–Crippen LogP) is 2.46. The van der Waals surface area contributed by atoms with Gasteiger partial charge in [0.2, 0.25) is 0 Å². The molecule has 0 bridgehead atoms. The summed E-state index contributed by atoms with van der Waals surface area (Å²) in [6.45, 7) is 2.78. The van der Waals surface area contributed by atoms with E-state index in [1.807, 2.05) is 12.3 Å². The summed E-state index contributed by atoms with van der Waals surface area (Å²) in [6.07, 6.45) is 8.05. The monoisotopic (exact) mass is 219 g/mol. The van der Waals surface area contributed by atoms with Gasteiger partial charge in [0, 0.05) is 12.7 Å². The Labute approximate surface area is 97.5 Å². The lowest BCUT2D eigenvalue weighted by Crippen LogP contribution is -2.47. The highest BCUT2D eigenvalue weighted by Gasteiger charge is 2.30. The summed E-state index contributed by atoms with van der Waals surface area (Å²) in [4.78, 5) is 4.40. The summed E-state index contributed by atoms with van der Waals surface area (Å²) < 4.78 is 0. The first-order chi connectivity index (χ1) is 7.76. The first-order valence-electron chi connectivity index (χ1n) is 6.16. The number of nitrogens with zero attached hydrogens (tertiary/aromatic N) is 1. The molecule has 0 unspecified atom stereocenters. The molecule has 3 heteroatoms. The molecule has 88 valence electrons. The number of pyridine rings is 1. The smallest absolute Gasteiger partial charge is 0.129 e. The zero-order valence-electron chi connectivity index (χ0n) is 10.00. The summed E-state index contributed by atoms with van der Waals surface area (Å²) in [5, 5.41) is 3.58. The Hall–Kier alpha value is -1.09. The Balaban J connectivity index is 2.15. The fraction of sp³-hybridized carbons (Fsp3) is 0.615. The van der Waals surface area contributed by atoms with E-state index in [1.165, 1.54) is 37.7 Å². The van der Waals surface area contributed by atoms with Crippen molar-refractivity contribution in [3.8, 4) is 0 Å². The molecule has 0 radical (unpaired) electrons. The van der Waals surface area contributed by atoms with Gasteiger partial charge in [0.25, 0.3) is 0 Å². The van der Waals surface area contributed by atoms with Crippen molar-refractivity contribution in [3.63, 3.8) is 0 Å². The molecule has 1 aromatic rings. The van der Waals surface area contributed by atoms with Gasteiger partial charge in [-0.1, -0.05) is 25.3 Å². The van der Waals surface area contributed by atoms with Crippen molar-refractivity contribution in [2.45, 2.75) is 44.6 Å². The first kappa shape index (κ1) is 11.4. The van der Waals surface area contributed by atoms with Crippen LogP contribution in [0.5, 0.6) is 0 Å². The molecule has 1 saturated carbocycles. The zero-order chi connectivity index (χ0) is 11.4. The standard InChI is InChI=1S/C13H21N3/c1-11-6-5-9-15-12(11)16-13(10-14)7-3-2-4-8-13/h5-6,9H,2-4,7-8,10,14H2,1H3,(H,15,16). The molecule has 0 saturated heterocycles. The third kappa shape index (κ3) is 2.35. The number of aryl methyl sites for hydroxylation is 1.